The lowest BCUT2D eigenvalue weighted by Gasteiger charge is -2.09. The standard InChI is InChI=1S/C18H12Cl3N3O2.ClH/c19-13-3-1-12(2-4-13)18(25)26-23-17(10-24-8-7-22-11-24)15-6-5-14(20)9-16(15)21;/h1-9,11H,10H2;1H/b23-17+;. The highest BCUT2D eigenvalue weighted by atomic mass is 35.5. The van der Waals surface area contributed by atoms with Crippen LogP contribution in [-0.2, 0) is 11.4 Å². The number of carbonyl (C=O) groups is 1. The van der Waals surface area contributed by atoms with E-state index in [-0.39, 0.29) is 12.4 Å². The average Bonchev–Trinajstić information content (AvgIpc) is 3.12. The molecule has 3 rings (SSSR count). The number of benzene rings is 2. The minimum atomic E-state index is -0.602. The monoisotopic (exact) mass is 443 g/mol. The minimum absolute atomic E-state index is 0. The summed E-state index contributed by atoms with van der Waals surface area (Å²) >= 11 is 18.0. The molecule has 0 saturated heterocycles. The molecule has 0 aliphatic rings. The van der Waals surface area contributed by atoms with Gasteiger partial charge in [-0.1, -0.05) is 40.0 Å². The zero-order chi connectivity index (χ0) is 18.5. The summed E-state index contributed by atoms with van der Waals surface area (Å²) in [4.78, 5) is 21.3. The van der Waals surface area contributed by atoms with Crippen LogP contribution in [0.4, 0.5) is 0 Å². The van der Waals surface area contributed by atoms with E-state index in [1.807, 2.05) is 0 Å². The Balaban J connectivity index is 0.00000261. The van der Waals surface area contributed by atoms with Crippen LogP contribution in [0.1, 0.15) is 15.9 Å². The molecule has 0 unspecified atom stereocenters. The van der Waals surface area contributed by atoms with Crippen LogP contribution in [0, 0.1) is 0 Å². The number of imidazole rings is 1. The van der Waals surface area contributed by atoms with Crippen LogP contribution in [0.15, 0.2) is 66.3 Å². The molecule has 0 saturated carbocycles. The van der Waals surface area contributed by atoms with Crippen LogP contribution < -0.4 is 0 Å². The van der Waals surface area contributed by atoms with E-state index in [1.54, 1.807) is 65.8 Å². The van der Waals surface area contributed by atoms with Crippen LogP contribution in [0.5, 0.6) is 0 Å². The number of hydrogen-bond donors (Lipinski definition) is 0. The summed E-state index contributed by atoms with van der Waals surface area (Å²) < 4.78 is 1.78. The molecule has 0 spiro atoms. The van der Waals surface area contributed by atoms with Crippen molar-refractivity contribution in [1.29, 1.82) is 0 Å². The highest BCUT2D eigenvalue weighted by molar-refractivity contribution is 6.37. The Bertz CT molecular complexity index is 942. The maximum atomic E-state index is 12.2. The van der Waals surface area contributed by atoms with Crippen molar-refractivity contribution >= 4 is 58.9 Å². The molecule has 2 aromatic carbocycles. The molecular formula is C18H13Cl4N3O2. The van der Waals surface area contributed by atoms with Crippen molar-refractivity contribution in [2.75, 3.05) is 0 Å². The lowest BCUT2D eigenvalue weighted by atomic mass is 10.1. The number of carbonyl (C=O) groups excluding carboxylic acids is 1. The predicted molar refractivity (Wildman–Crippen MR) is 109 cm³/mol. The molecule has 140 valence electrons. The Morgan fingerprint density at radius 1 is 1.07 bits per heavy atom. The zero-order valence-electron chi connectivity index (χ0n) is 13.7. The van der Waals surface area contributed by atoms with Crippen molar-refractivity contribution in [2.24, 2.45) is 5.16 Å². The quantitative estimate of drug-likeness (QED) is 0.295. The largest absolute Gasteiger partial charge is 0.365 e. The zero-order valence-corrected chi connectivity index (χ0v) is 16.8. The molecule has 0 aliphatic carbocycles. The first-order valence-corrected chi connectivity index (χ1v) is 8.61. The summed E-state index contributed by atoms with van der Waals surface area (Å²) in [5.41, 5.74) is 1.39. The van der Waals surface area contributed by atoms with Crippen molar-refractivity contribution < 1.29 is 9.63 Å². The minimum Gasteiger partial charge on any atom is -0.331 e. The molecule has 0 bridgehead atoms. The topological polar surface area (TPSA) is 56.5 Å². The number of oxime groups is 1. The SMILES string of the molecule is Cl.O=C(O/N=C(\Cn1ccnc1)c1ccc(Cl)cc1Cl)c1ccc(Cl)cc1. The third-order valence-electron chi connectivity index (χ3n) is 3.45. The summed E-state index contributed by atoms with van der Waals surface area (Å²) in [5, 5.41) is 5.44. The lowest BCUT2D eigenvalue weighted by Crippen LogP contribution is -2.13. The van der Waals surface area contributed by atoms with E-state index in [4.69, 9.17) is 39.6 Å². The van der Waals surface area contributed by atoms with Gasteiger partial charge in [-0.3, -0.25) is 0 Å². The molecular weight excluding hydrogens is 432 g/mol. The maximum absolute atomic E-state index is 12.2. The highest BCUT2D eigenvalue weighted by Gasteiger charge is 2.13. The Morgan fingerprint density at radius 2 is 1.78 bits per heavy atom. The second kappa shape index (κ2) is 9.76. The van der Waals surface area contributed by atoms with Gasteiger partial charge in [0.15, 0.2) is 0 Å². The molecule has 0 amide bonds. The summed E-state index contributed by atoms with van der Waals surface area (Å²) in [6.07, 6.45) is 5.03. The third kappa shape index (κ3) is 5.71. The van der Waals surface area contributed by atoms with Crippen molar-refractivity contribution in [3.63, 3.8) is 0 Å². The molecule has 0 radical (unpaired) electrons. The van der Waals surface area contributed by atoms with Crippen LogP contribution >= 0.6 is 47.2 Å². The molecule has 3 aromatic rings. The van der Waals surface area contributed by atoms with Gasteiger partial charge in [-0.2, -0.15) is 0 Å². The molecule has 0 aliphatic heterocycles. The molecule has 5 nitrogen and oxygen atoms in total. The van der Waals surface area contributed by atoms with E-state index in [0.29, 0.717) is 38.5 Å². The highest BCUT2D eigenvalue weighted by Crippen LogP contribution is 2.22. The summed E-state index contributed by atoms with van der Waals surface area (Å²) in [5.74, 6) is -0.602. The second-order valence-electron chi connectivity index (χ2n) is 5.28. The smallest absolute Gasteiger partial charge is 0.331 e. The normalized spacial score (nSPS) is 11.0. The fraction of sp³-hybridized carbons (Fsp3) is 0.0556. The van der Waals surface area contributed by atoms with Gasteiger partial charge in [-0.15, -0.1) is 12.4 Å². The molecule has 27 heavy (non-hydrogen) atoms. The van der Waals surface area contributed by atoms with Crippen molar-refractivity contribution in [1.82, 2.24) is 9.55 Å². The molecule has 1 heterocycles. The van der Waals surface area contributed by atoms with E-state index >= 15 is 0 Å². The molecule has 0 N–H and O–H groups in total. The van der Waals surface area contributed by atoms with E-state index in [9.17, 15) is 4.79 Å². The Labute approximate surface area is 176 Å². The first kappa shape index (κ1) is 21.3. The summed E-state index contributed by atoms with van der Waals surface area (Å²) in [7, 11) is 0. The van der Waals surface area contributed by atoms with Crippen LogP contribution in [0.3, 0.4) is 0 Å². The van der Waals surface area contributed by atoms with Gasteiger partial charge in [0.1, 0.15) is 5.71 Å². The van der Waals surface area contributed by atoms with Gasteiger partial charge in [0.05, 0.1) is 23.5 Å². The number of rotatable bonds is 5. The fourth-order valence-electron chi connectivity index (χ4n) is 2.18. The summed E-state index contributed by atoms with van der Waals surface area (Å²) in [6, 6.07) is 11.3. The third-order valence-corrected chi connectivity index (χ3v) is 4.25. The predicted octanol–water partition coefficient (Wildman–Crippen LogP) is 5.53. The van der Waals surface area contributed by atoms with Crippen molar-refractivity contribution in [3.8, 4) is 0 Å². The van der Waals surface area contributed by atoms with Gasteiger partial charge < -0.3 is 9.40 Å². The number of aromatic nitrogens is 2. The first-order chi connectivity index (χ1) is 12.5. The van der Waals surface area contributed by atoms with E-state index in [0.717, 1.165) is 0 Å². The van der Waals surface area contributed by atoms with E-state index in [1.165, 1.54) is 0 Å². The van der Waals surface area contributed by atoms with Crippen molar-refractivity contribution in [3.05, 3.63) is 87.4 Å². The van der Waals surface area contributed by atoms with Crippen molar-refractivity contribution in [2.45, 2.75) is 6.54 Å². The maximum Gasteiger partial charge on any atom is 0.365 e. The second-order valence-corrected chi connectivity index (χ2v) is 6.56. The van der Waals surface area contributed by atoms with Gasteiger partial charge in [0.25, 0.3) is 0 Å². The van der Waals surface area contributed by atoms with Gasteiger partial charge in [0.2, 0.25) is 0 Å². The molecule has 9 heteroatoms. The van der Waals surface area contributed by atoms with Crippen LogP contribution in [-0.4, -0.2) is 21.2 Å². The number of halogens is 4. The van der Waals surface area contributed by atoms with Crippen LogP contribution in [0.25, 0.3) is 0 Å². The first-order valence-electron chi connectivity index (χ1n) is 7.48. The number of hydrogen-bond acceptors (Lipinski definition) is 4. The van der Waals surface area contributed by atoms with Gasteiger partial charge in [-0.25, -0.2) is 9.78 Å². The molecule has 0 fully saturated rings. The molecule has 1 aromatic heterocycles. The lowest BCUT2D eigenvalue weighted by molar-refractivity contribution is 0.0515. The van der Waals surface area contributed by atoms with Gasteiger partial charge in [-0.05, 0) is 42.5 Å². The Morgan fingerprint density at radius 3 is 2.41 bits per heavy atom. The van der Waals surface area contributed by atoms with Crippen LogP contribution in [0.2, 0.25) is 15.1 Å². The van der Waals surface area contributed by atoms with Gasteiger partial charge >= 0.3 is 5.97 Å². The fourth-order valence-corrected chi connectivity index (χ4v) is 2.82. The van der Waals surface area contributed by atoms with E-state index in [2.05, 4.69) is 10.1 Å². The summed E-state index contributed by atoms with van der Waals surface area (Å²) in [6.45, 7) is 0.315. The van der Waals surface area contributed by atoms with Gasteiger partial charge in [0, 0.05) is 28.0 Å². The number of nitrogens with zero attached hydrogens (tertiary/aromatic N) is 3. The Hall–Kier alpha value is -2.05. The Kier molecular flexibility index (Phi) is 7.68. The van der Waals surface area contributed by atoms with E-state index < -0.39 is 5.97 Å². The molecule has 0 atom stereocenters. The average molecular weight is 445 g/mol.